The lowest BCUT2D eigenvalue weighted by Crippen LogP contribution is -2.37. The molecule has 0 bridgehead atoms. The summed E-state index contributed by atoms with van der Waals surface area (Å²) in [5.74, 6) is -0.263. The number of carboxylic acid groups (broad SMARTS) is 1. The van der Waals surface area contributed by atoms with Crippen LogP contribution < -0.4 is 0 Å². The predicted molar refractivity (Wildman–Crippen MR) is 62.5 cm³/mol. The van der Waals surface area contributed by atoms with Gasteiger partial charge in [-0.1, -0.05) is 0 Å². The predicted octanol–water partition coefficient (Wildman–Crippen LogP) is 1.60. The number of methoxy groups -OCH3 is 1. The molecule has 0 atom stereocenters. The van der Waals surface area contributed by atoms with Crippen molar-refractivity contribution in [3.05, 3.63) is 0 Å². The largest absolute Gasteiger partial charge is 0.481 e. The van der Waals surface area contributed by atoms with Crippen molar-refractivity contribution in [3.8, 4) is 0 Å². The lowest BCUT2D eigenvalue weighted by atomic mass is 9.83. The number of hydrogen-bond donors (Lipinski definition) is 1. The molecular weight excluding hydrogens is 206 g/mol. The zero-order chi connectivity index (χ0) is 12.0. The van der Waals surface area contributed by atoms with Crippen LogP contribution >= 0.6 is 0 Å². The second-order valence-corrected chi connectivity index (χ2v) is 4.75. The highest BCUT2D eigenvalue weighted by molar-refractivity contribution is 5.67. The van der Waals surface area contributed by atoms with Crippen molar-refractivity contribution in [3.63, 3.8) is 0 Å². The Kier molecular flexibility index (Phi) is 5.77. The monoisotopic (exact) mass is 229 g/mol. The summed E-state index contributed by atoms with van der Waals surface area (Å²) in [6, 6.07) is 0.611. The van der Waals surface area contributed by atoms with Gasteiger partial charge in [-0.05, 0) is 38.6 Å². The standard InChI is InChI=1S/C12H23NO3/c1-13(7-8-16-2)11-5-3-10(4-6-11)9-12(14)15/h10-11H,3-9H2,1-2H3,(H,14,15). The number of rotatable bonds is 6. The molecule has 0 saturated heterocycles. The van der Waals surface area contributed by atoms with Crippen LogP contribution in [0.3, 0.4) is 0 Å². The van der Waals surface area contributed by atoms with Gasteiger partial charge in [0.15, 0.2) is 0 Å². The highest BCUT2D eigenvalue weighted by Gasteiger charge is 2.24. The maximum atomic E-state index is 10.6. The number of aliphatic carboxylic acids is 1. The number of hydrogen-bond acceptors (Lipinski definition) is 3. The van der Waals surface area contributed by atoms with E-state index in [1.165, 1.54) is 0 Å². The number of ether oxygens (including phenoxy) is 1. The Morgan fingerprint density at radius 2 is 2.00 bits per heavy atom. The molecule has 94 valence electrons. The molecule has 1 aliphatic carbocycles. The summed E-state index contributed by atoms with van der Waals surface area (Å²) >= 11 is 0. The molecule has 4 heteroatoms. The van der Waals surface area contributed by atoms with Crippen LogP contribution in [0.1, 0.15) is 32.1 Å². The van der Waals surface area contributed by atoms with Crippen LogP contribution in [-0.2, 0) is 9.53 Å². The quantitative estimate of drug-likeness (QED) is 0.751. The molecule has 0 spiro atoms. The fraction of sp³-hybridized carbons (Fsp3) is 0.917. The summed E-state index contributed by atoms with van der Waals surface area (Å²) in [6.45, 7) is 1.73. The highest BCUT2D eigenvalue weighted by atomic mass is 16.5. The molecule has 0 radical (unpaired) electrons. The summed E-state index contributed by atoms with van der Waals surface area (Å²) in [5, 5.41) is 8.73. The first-order valence-corrected chi connectivity index (χ1v) is 6.04. The maximum absolute atomic E-state index is 10.6. The van der Waals surface area contributed by atoms with E-state index in [2.05, 4.69) is 11.9 Å². The van der Waals surface area contributed by atoms with E-state index in [4.69, 9.17) is 9.84 Å². The summed E-state index contributed by atoms with van der Waals surface area (Å²) in [6.07, 6.45) is 4.69. The molecule has 1 fully saturated rings. The van der Waals surface area contributed by atoms with Crippen molar-refractivity contribution in [2.45, 2.75) is 38.1 Å². The molecule has 0 aliphatic heterocycles. The van der Waals surface area contributed by atoms with Crippen LogP contribution in [0, 0.1) is 5.92 Å². The fourth-order valence-electron chi connectivity index (χ4n) is 2.45. The number of carbonyl (C=O) groups is 1. The van der Waals surface area contributed by atoms with Gasteiger partial charge in [0.05, 0.1) is 6.61 Å². The third-order valence-corrected chi connectivity index (χ3v) is 3.55. The summed E-state index contributed by atoms with van der Waals surface area (Å²) < 4.78 is 5.06. The van der Waals surface area contributed by atoms with Crippen molar-refractivity contribution in [2.75, 3.05) is 27.3 Å². The molecule has 0 aromatic carbocycles. The molecule has 0 unspecified atom stereocenters. The first kappa shape index (κ1) is 13.5. The van der Waals surface area contributed by atoms with Crippen LogP contribution in [0.15, 0.2) is 0 Å². The van der Waals surface area contributed by atoms with Crippen LogP contribution in [0.5, 0.6) is 0 Å². The van der Waals surface area contributed by atoms with Gasteiger partial charge in [-0.25, -0.2) is 0 Å². The molecule has 16 heavy (non-hydrogen) atoms. The van der Waals surface area contributed by atoms with E-state index in [1.54, 1.807) is 7.11 Å². The second-order valence-electron chi connectivity index (χ2n) is 4.75. The van der Waals surface area contributed by atoms with Crippen LogP contribution in [0.4, 0.5) is 0 Å². The Hall–Kier alpha value is -0.610. The first-order chi connectivity index (χ1) is 7.63. The smallest absolute Gasteiger partial charge is 0.303 e. The Morgan fingerprint density at radius 3 is 2.50 bits per heavy atom. The third-order valence-electron chi connectivity index (χ3n) is 3.55. The molecule has 0 amide bonds. The number of carboxylic acids is 1. The van der Waals surface area contributed by atoms with E-state index in [1.807, 2.05) is 0 Å². The average Bonchev–Trinajstić information content (AvgIpc) is 2.26. The second kappa shape index (κ2) is 6.86. The van der Waals surface area contributed by atoms with Gasteiger partial charge in [-0.15, -0.1) is 0 Å². The Balaban J connectivity index is 2.23. The molecule has 1 N–H and O–H groups in total. The Morgan fingerprint density at radius 1 is 1.38 bits per heavy atom. The zero-order valence-corrected chi connectivity index (χ0v) is 10.3. The molecule has 0 heterocycles. The van der Waals surface area contributed by atoms with Gasteiger partial charge in [-0.3, -0.25) is 4.79 Å². The summed E-state index contributed by atoms with van der Waals surface area (Å²) in [4.78, 5) is 12.9. The molecule has 1 rings (SSSR count). The van der Waals surface area contributed by atoms with Gasteiger partial charge in [0, 0.05) is 26.1 Å². The SMILES string of the molecule is COCCN(C)C1CCC(CC(=O)O)CC1. The van der Waals surface area contributed by atoms with Gasteiger partial charge in [0.2, 0.25) is 0 Å². The van der Waals surface area contributed by atoms with Gasteiger partial charge in [0.25, 0.3) is 0 Å². The zero-order valence-electron chi connectivity index (χ0n) is 10.3. The summed E-state index contributed by atoms with van der Waals surface area (Å²) in [5.41, 5.74) is 0. The van der Waals surface area contributed by atoms with Crippen molar-refractivity contribution >= 4 is 5.97 Å². The van der Waals surface area contributed by atoms with E-state index in [-0.39, 0.29) is 0 Å². The summed E-state index contributed by atoms with van der Waals surface area (Å²) in [7, 11) is 3.85. The van der Waals surface area contributed by atoms with Crippen LogP contribution in [0.25, 0.3) is 0 Å². The lowest BCUT2D eigenvalue weighted by molar-refractivity contribution is -0.138. The highest BCUT2D eigenvalue weighted by Crippen LogP contribution is 2.28. The molecule has 1 aliphatic rings. The number of nitrogens with zero attached hydrogens (tertiary/aromatic N) is 1. The molecule has 0 aromatic rings. The van der Waals surface area contributed by atoms with E-state index in [9.17, 15) is 4.79 Å². The Bertz CT molecular complexity index is 212. The normalized spacial score (nSPS) is 25.9. The van der Waals surface area contributed by atoms with Crippen LogP contribution in [-0.4, -0.2) is 49.3 Å². The van der Waals surface area contributed by atoms with E-state index in [0.717, 1.165) is 38.8 Å². The topological polar surface area (TPSA) is 49.8 Å². The number of likely N-dealkylation sites (N-methyl/N-ethyl adjacent to an activating group) is 1. The first-order valence-electron chi connectivity index (χ1n) is 6.04. The Labute approximate surface area is 97.6 Å². The van der Waals surface area contributed by atoms with Gasteiger partial charge < -0.3 is 14.7 Å². The van der Waals surface area contributed by atoms with E-state index in [0.29, 0.717) is 18.4 Å². The van der Waals surface area contributed by atoms with Crippen molar-refractivity contribution in [2.24, 2.45) is 5.92 Å². The fourth-order valence-corrected chi connectivity index (χ4v) is 2.45. The van der Waals surface area contributed by atoms with Gasteiger partial charge in [0.1, 0.15) is 0 Å². The van der Waals surface area contributed by atoms with Crippen molar-refractivity contribution in [1.82, 2.24) is 4.90 Å². The minimum Gasteiger partial charge on any atom is -0.481 e. The van der Waals surface area contributed by atoms with Gasteiger partial charge in [-0.2, -0.15) is 0 Å². The minimum atomic E-state index is -0.656. The van der Waals surface area contributed by atoms with Gasteiger partial charge >= 0.3 is 5.97 Å². The maximum Gasteiger partial charge on any atom is 0.303 e. The molecule has 1 saturated carbocycles. The average molecular weight is 229 g/mol. The van der Waals surface area contributed by atoms with E-state index >= 15 is 0 Å². The molecular formula is C12H23NO3. The van der Waals surface area contributed by atoms with Crippen molar-refractivity contribution < 1.29 is 14.6 Å². The van der Waals surface area contributed by atoms with E-state index < -0.39 is 5.97 Å². The molecule has 4 nitrogen and oxygen atoms in total. The lowest BCUT2D eigenvalue weighted by Gasteiger charge is -2.34. The minimum absolute atomic E-state index is 0.342. The molecule has 0 aromatic heterocycles. The van der Waals surface area contributed by atoms with Crippen molar-refractivity contribution in [1.29, 1.82) is 0 Å². The third kappa shape index (κ3) is 4.49. The van der Waals surface area contributed by atoms with Crippen LogP contribution in [0.2, 0.25) is 0 Å².